The molecular formula is C19H25N3O2. The van der Waals surface area contributed by atoms with Crippen LogP contribution in [0.5, 0.6) is 0 Å². The average molecular weight is 327 g/mol. The minimum atomic E-state index is -0.0868. The van der Waals surface area contributed by atoms with Crippen molar-refractivity contribution in [2.75, 3.05) is 13.1 Å². The average Bonchev–Trinajstić information content (AvgIpc) is 3.25. The first-order valence-corrected chi connectivity index (χ1v) is 8.85. The second-order valence-corrected chi connectivity index (χ2v) is 8.08. The number of benzene rings is 1. The first-order valence-electron chi connectivity index (χ1n) is 8.85. The molecule has 1 aromatic rings. The zero-order valence-electron chi connectivity index (χ0n) is 14.4. The van der Waals surface area contributed by atoms with E-state index >= 15 is 0 Å². The van der Waals surface area contributed by atoms with Gasteiger partial charge in [0, 0.05) is 31.1 Å². The molecule has 1 saturated carbocycles. The molecule has 128 valence electrons. The zero-order valence-corrected chi connectivity index (χ0v) is 14.4. The number of hydrogen-bond acceptors (Lipinski definition) is 2. The molecule has 0 spiro atoms. The van der Waals surface area contributed by atoms with E-state index in [1.54, 1.807) is 0 Å². The van der Waals surface area contributed by atoms with E-state index in [9.17, 15) is 9.59 Å². The van der Waals surface area contributed by atoms with Crippen LogP contribution in [0.25, 0.3) is 0 Å². The van der Waals surface area contributed by atoms with Gasteiger partial charge in [-0.3, -0.25) is 4.79 Å². The monoisotopic (exact) mass is 327 g/mol. The summed E-state index contributed by atoms with van der Waals surface area (Å²) < 4.78 is 0. The Morgan fingerprint density at radius 2 is 1.79 bits per heavy atom. The lowest BCUT2D eigenvalue weighted by Crippen LogP contribution is -2.67. The summed E-state index contributed by atoms with van der Waals surface area (Å²) in [5.41, 5.74) is 2.62. The van der Waals surface area contributed by atoms with E-state index in [0.717, 1.165) is 6.54 Å². The first-order chi connectivity index (χ1) is 11.5. The van der Waals surface area contributed by atoms with E-state index < -0.39 is 0 Å². The number of fused-ring (bicyclic) bond motifs is 1. The van der Waals surface area contributed by atoms with Gasteiger partial charge in [-0.2, -0.15) is 0 Å². The first kappa shape index (κ1) is 15.5. The number of urea groups is 1. The molecule has 0 aromatic heterocycles. The molecule has 1 aromatic carbocycles. The van der Waals surface area contributed by atoms with Gasteiger partial charge in [0.1, 0.15) is 0 Å². The molecule has 2 fully saturated rings. The zero-order chi connectivity index (χ0) is 16.9. The molecule has 1 saturated heterocycles. The molecular weight excluding hydrogens is 302 g/mol. The summed E-state index contributed by atoms with van der Waals surface area (Å²) in [4.78, 5) is 28.6. The fourth-order valence-electron chi connectivity index (χ4n) is 4.32. The summed E-state index contributed by atoms with van der Waals surface area (Å²) in [6, 6.07) is 8.36. The molecule has 0 radical (unpaired) electrons. The maximum absolute atomic E-state index is 12.4. The number of amides is 3. The Morgan fingerprint density at radius 1 is 1.17 bits per heavy atom. The molecule has 1 atom stereocenters. The second kappa shape index (κ2) is 5.50. The summed E-state index contributed by atoms with van der Waals surface area (Å²) in [5, 5.41) is 2.83. The molecule has 5 heteroatoms. The number of carbonyl (C=O) groups excluding carboxylic acids is 2. The van der Waals surface area contributed by atoms with Crippen LogP contribution in [-0.4, -0.2) is 40.9 Å². The van der Waals surface area contributed by atoms with Crippen molar-refractivity contribution >= 4 is 11.9 Å². The van der Waals surface area contributed by atoms with Crippen molar-refractivity contribution < 1.29 is 9.59 Å². The van der Waals surface area contributed by atoms with Crippen LogP contribution in [0.4, 0.5) is 4.79 Å². The van der Waals surface area contributed by atoms with E-state index in [0.29, 0.717) is 25.0 Å². The summed E-state index contributed by atoms with van der Waals surface area (Å²) in [6.07, 6.45) is 2.45. The van der Waals surface area contributed by atoms with Gasteiger partial charge >= 0.3 is 6.03 Å². The molecule has 2 heterocycles. The largest absolute Gasteiger partial charge is 0.332 e. The van der Waals surface area contributed by atoms with E-state index in [4.69, 9.17) is 0 Å². The lowest BCUT2D eigenvalue weighted by molar-refractivity contribution is -0.130. The van der Waals surface area contributed by atoms with Crippen LogP contribution in [0, 0.1) is 11.3 Å². The highest BCUT2D eigenvalue weighted by atomic mass is 16.2. The Morgan fingerprint density at radius 3 is 2.33 bits per heavy atom. The molecule has 1 N–H and O–H groups in total. The summed E-state index contributed by atoms with van der Waals surface area (Å²) >= 11 is 0. The van der Waals surface area contributed by atoms with Gasteiger partial charge in [-0.1, -0.05) is 38.1 Å². The predicted molar refractivity (Wildman–Crippen MR) is 91.1 cm³/mol. The molecule has 3 aliphatic rings. The van der Waals surface area contributed by atoms with Gasteiger partial charge in [-0.15, -0.1) is 0 Å². The summed E-state index contributed by atoms with van der Waals surface area (Å²) in [6.45, 7) is 6.61. The van der Waals surface area contributed by atoms with Gasteiger partial charge in [0.25, 0.3) is 0 Å². The Balaban J connectivity index is 1.30. The third-order valence-corrected chi connectivity index (χ3v) is 5.63. The number of likely N-dealkylation sites (tertiary alicyclic amines) is 1. The second-order valence-electron chi connectivity index (χ2n) is 8.08. The maximum atomic E-state index is 12.4. The van der Waals surface area contributed by atoms with Crippen molar-refractivity contribution in [2.24, 2.45) is 11.3 Å². The lowest BCUT2D eigenvalue weighted by Gasteiger charge is -2.54. The van der Waals surface area contributed by atoms with Crippen molar-refractivity contribution in [3.05, 3.63) is 35.4 Å². The topological polar surface area (TPSA) is 52.7 Å². The van der Waals surface area contributed by atoms with Gasteiger partial charge in [0.2, 0.25) is 5.91 Å². The Kier molecular flexibility index (Phi) is 3.55. The molecule has 4 rings (SSSR count). The van der Waals surface area contributed by atoms with Gasteiger partial charge in [-0.05, 0) is 29.9 Å². The molecule has 1 aliphatic carbocycles. The van der Waals surface area contributed by atoms with Crippen LogP contribution in [0.3, 0.4) is 0 Å². The van der Waals surface area contributed by atoms with Crippen LogP contribution in [0.2, 0.25) is 0 Å². The quantitative estimate of drug-likeness (QED) is 0.926. The molecule has 0 bridgehead atoms. The van der Waals surface area contributed by atoms with E-state index in [-0.39, 0.29) is 23.9 Å². The minimum Gasteiger partial charge on any atom is -0.332 e. The smallest absolute Gasteiger partial charge is 0.318 e. The van der Waals surface area contributed by atoms with Crippen LogP contribution >= 0.6 is 0 Å². The summed E-state index contributed by atoms with van der Waals surface area (Å²) in [5.74, 6) is 0.644. The maximum Gasteiger partial charge on any atom is 0.318 e. The molecule has 24 heavy (non-hydrogen) atoms. The van der Waals surface area contributed by atoms with Gasteiger partial charge in [-0.25, -0.2) is 4.79 Å². The minimum absolute atomic E-state index is 0.0118. The molecule has 3 amide bonds. The SMILES string of the molecule is CC1(C)CN(C(=O)NCC(=O)N2Cc3ccccc3C2)C1C1CC1. The number of nitrogens with one attached hydrogen (secondary N) is 1. The van der Waals surface area contributed by atoms with Crippen molar-refractivity contribution in [2.45, 2.75) is 45.8 Å². The predicted octanol–water partition coefficient (Wildman–Crippen LogP) is 2.36. The highest BCUT2D eigenvalue weighted by Gasteiger charge is 2.54. The number of rotatable bonds is 3. The molecule has 2 aliphatic heterocycles. The van der Waals surface area contributed by atoms with E-state index in [2.05, 4.69) is 31.3 Å². The lowest BCUT2D eigenvalue weighted by atomic mass is 9.72. The van der Waals surface area contributed by atoms with Crippen molar-refractivity contribution in [3.8, 4) is 0 Å². The number of hydrogen-bond donors (Lipinski definition) is 1. The van der Waals surface area contributed by atoms with Crippen molar-refractivity contribution in [3.63, 3.8) is 0 Å². The third-order valence-electron chi connectivity index (χ3n) is 5.63. The Bertz CT molecular complexity index is 656. The van der Waals surface area contributed by atoms with E-state index in [1.807, 2.05) is 21.9 Å². The number of carbonyl (C=O) groups is 2. The standard InChI is InChI=1S/C19H25N3O2/c1-19(2)12-22(17(19)13-7-8-13)18(24)20-9-16(23)21-10-14-5-3-4-6-15(14)11-21/h3-6,13,17H,7-12H2,1-2H3,(H,20,24). The van der Waals surface area contributed by atoms with Crippen LogP contribution in [-0.2, 0) is 17.9 Å². The molecule has 1 unspecified atom stereocenters. The van der Waals surface area contributed by atoms with Crippen LogP contribution in [0.1, 0.15) is 37.8 Å². The Hall–Kier alpha value is -2.04. The molecule has 5 nitrogen and oxygen atoms in total. The van der Waals surface area contributed by atoms with Gasteiger partial charge in [0.05, 0.1) is 6.54 Å². The van der Waals surface area contributed by atoms with Gasteiger partial charge in [0.15, 0.2) is 0 Å². The Labute approximate surface area is 143 Å². The summed E-state index contributed by atoms with van der Waals surface area (Å²) in [7, 11) is 0. The third kappa shape index (κ3) is 2.66. The van der Waals surface area contributed by atoms with E-state index in [1.165, 1.54) is 24.0 Å². The van der Waals surface area contributed by atoms with Crippen LogP contribution in [0.15, 0.2) is 24.3 Å². The number of nitrogens with zero attached hydrogens (tertiary/aromatic N) is 2. The highest BCUT2D eigenvalue weighted by molar-refractivity contribution is 5.85. The van der Waals surface area contributed by atoms with Crippen molar-refractivity contribution in [1.29, 1.82) is 0 Å². The normalized spacial score (nSPS) is 24.3. The fraction of sp³-hybridized carbons (Fsp3) is 0.579. The van der Waals surface area contributed by atoms with Crippen molar-refractivity contribution in [1.82, 2.24) is 15.1 Å². The highest BCUT2D eigenvalue weighted by Crippen LogP contribution is 2.49. The van der Waals surface area contributed by atoms with Gasteiger partial charge < -0.3 is 15.1 Å². The fourth-order valence-corrected chi connectivity index (χ4v) is 4.32. The van der Waals surface area contributed by atoms with Crippen LogP contribution < -0.4 is 5.32 Å².